The Hall–Kier alpha value is -0.600. The molecule has 0 spiro atoms. The van der Waals surface area contributed by atoms with Crippen LogP contribution in [0.1, 0.15) is 20.8 Å². The monoisotopic (exact) mass is 168 g/mol. The molecule has 0 unspecified atom stereocenters. The van der Waals surface area contributed by atoms with Gasteiger partial charge in [-0.1, -0.05) is 45.1 Å². The maximum Gasteiger partial charge on any atom is 0.0309 e. The van der Waals surface area contributed by atoms with Crippen LogP contribution in [-0.2, 0) is 0 Å². The zero-order valence-electron chi connectivity index (χ0n) is 8.59. The van der Waals surface area contributed by atoms with Gasteiger partial charge >= 0.3 is 0 Å². The largest absolute Gasteiger partial charge is 0.269 e. The molecule has 70 valence electrons. The Morgan fingerprint density at radius 1 is 1.50 bits per heavy atom. The lowest BCUT2D eigenvalue weighted by molar-refractivity contribution is 0.389. The van der Waals surface area contributed by atoms with Crippen LogP contribution in [0.3, 0.4) is 0 Å². The van der Waals surface area contributed by atoms with E-state index in [1.807, 2.05) is 19.2 Å². The van der Waals surface area contributed by atoms with E-state index >= 15 is 0 Å². The van der Waals surface area contributed by atoms with Crippen LogP contribution in [0.25, 0.3) is 0 Å². The van der Waals surface area contributed by atoms with Crippen molar-refractivity contribution in [2.75, 3.05) is 13.6 Å². The quantitative estimate of drug-likeness (QED) is 0.396. The van der Waals surface area contributed by atoms with Crippen molar-refractivity contribution in [1.29, 1.82) is 0 Å². The van der Waals surface area contributed by atoms with E-state index in [0.717, 1.165) is 12.1 Å². The minimum Gasteiger partial charge on any atom is -0.269 e. The van der Waals surface area contributed by atoms with E-state index < -0.39 is 0 Å². The molecule has 0 saturated carbocycles. The van der Waals surface area contributed by atoms with Gasteiger partial charge in [-0.25, -0.2) is 5.01 Å². The average molecular weight is 168 g/mol. The molecule has 0 aliphatic heterocycles. The molecule has 0 aromatic carbocycles. The molecule has 0 radical (unpaired) electrons. The molecule has 0 saturated heterocycles. The Kier molecular flexibility index (Phi) is 4.21. The summed E-state index contributed by atoms with van der Waals surface area (Å²) in [7, 11) is 1.84. The van der Waals surface area contributed by atoms with E-state index in [9.17, 15) is 0 Å². The van der Waals surface area contributed by atoms with E-state index in [0.29, 0.717) is 0 Å². The molecule has 0 atom stereocenters. The van der Waals surface area contributed by atoms with Crippen LogP contribution in [0.2, 0.25) is 0 Å². The highest BCUT2D eigenvalue weighted by Gasteiger charge is 2.11. The van der Waals surface area contributed by atoms with Crippen LogP contribution >= 0.6 is 0 Å². The van der Waals surface area contributed by atoms with Crippen LogP contribution in [0.4, 0.5) is 0 Å². The van der Waals surface area contributed by atoms with E-state index in [-0.39, 0.29) is 5.41 Å². The Labute approximate surface area is 75.7 Å². The number of hydrogen-bond acceptors (Lipinski definition) is 2. The molecular weight excluding hydrogens is 148 g/mol. The second-order valence-electron chi connectivity index (χ2n) is 4.12. The molecule has 0 aromatic rings. The SMILES string of the molecule is C=C(/C=C\CN(C)N)C(C)(C)C. The first kappa shape index (κ1) is 11.4. The Morgan fingerprint density at radius 2 is 2.00 bits per heavy atom. The van der Waals surface area contributed by atoms with E-state index in [4.69, 9.17) is 5.84 Å². The highest BCUT2D eigenvalue weighted by atomic mass is 15.4. The molecule has 0 aliphatic carbocycles. The van der Waals surface area contributed by atoms with Gasteiger partial charge in [-0.3, -0.25) is 5.84 Å². The number of allylic oxidation sites excluding steroid dienone is 2. The maximum atomic E-state index is 5.44. The van der Waals surface area contributed by atoms with Crippen molar-refractivity contribution in [3.63, 3.8) is 0 Å². The predicted molar refractivity (Wildman–Crippen MR) is 54.6 cm³/mol. The summed E-state index contributed by atoms with van der Waals surface area (Å²) in [6, 6.07) is 0. The minimum absolute atomic E-state index is 0.156. The zero-order valence-corrected chi connectivity index (χ0v) is 8.59. The summed E-state index contributed by atoms with van der Waals surface area (Å²) >= 11 is 0. The van der Waals surface area contributed by atoms with Crippen molar-refractivity contribution in [2.24, 2.45) is 11.3 Å². The molecule has 2 heteroatoms. The van der Waals surface area contributed by atoms with Gasteiger partial charge in [0, 0.05) is 13.6 Å². The first-order valence-corrected chi connectivity index (χ1v) is 4.16. The second kappa shape index (κ2) is 4.43. The number of likely N-dealkylation sites (N-methyl/N-ethyl adjacent to an activating group) is 1. The number of nitrogens with zero attached hydrogens (tertiary/aromatic N) is 1. The van der Waals surface area contributed by atoms with Gasteiger partial charge in [0.15, 0.2) is 0 Å². The van der Waals surface area contributed by atoms with Crippen molar-refractivity contribution in [2.45, 2.75) is 20.8 Å². The smallest absolute Gasteiger partial charge is 0.0309 e. The minimum atomic E-state index is 0.156. The molecule has 0 aliphatic rings. The topological polar surface area (TPSA) is 29.3 Å². The molecule has 0 heterocycles. The molecule has 2 N–H and O–H groups in total. The lowest BCUT2D eigenvalue weighted by Crippen LogP contribution is -2.25. The van der Waals surface area contributed by atoms with Gasteiger partial charge in [-0.05, 0) is 5.41 Å². The van der Waals surface area contributed by atoms with Crippen LogP contribution in [-0.4, -0.2) is 18.6 Å². The van der Waals surface area contributed by atoms with Crippen molar-refractivity contribution < 1.29 is 0 Å². The molecule has 0 bridgehead atoms. The summed E-state index contributed by atoms with van der Waals surface area (Å²) < 4.78 is 0. The maximum absolute atomic E-state index is 5.44. The molecule has 0 fully saturated rings. The standard InChI is InChI=1S/C10H20N2/c1-9(10(2,3)4)7-6-8-12(5)11/h6-7H,1,8,11H2,2-5H3/b7-6-. The number of rotatable bonds is 3. The fourth-order valence-corrected chi connectivity index (χ4v) is 0.611. The summed E-state index contributed by atoms with van der Waals surface area (Å²) in [6.07, 6.45) is 4.05. The molecule has 2 nitrogen and oxygen atoms in total. The Bertz CT molecular complexity index is 173. The number of hydrazine groups is 1. The summed E-state index contributed by atoms with van der Waals surface area (Å²) in [4.78, 5) is 0. The van der Waals surface area contributed by atoms with Crippen LogP contribution < -0.4 is 5.84 Å². The summed E-state index contributed by atoms with van der Waals surface area (Å²) in [5.41, 5.74) is 1.29. The third kappa shape index (κ3) is 5.10. The third-order valence-corrected chi connectivity index (χ3v) is 1.68. The van der Waals surface area contributed by atoms with Gasteiger partial charge < -0.3 is 0 Å². The van der Waals surface area contributed by atoms with Gasteiger partial charge in [-0.15, -0.1) is 0 Å². The molecule has 0 amide bonds. The fraction of sp³-hybridized carbons (Fsp3) is 0.600. The number of nitrogens with two attached hydrogens (primary N) is 1. The molecule has 0 rings (SSSR count). The van der Waals surface area contributed by atoms with E-state index in [2.05, 4.69) is 27.4 Å². The molecular formula is C10H20N2. The lowest BCUT2D eigenvalue weighted by atomic mass is 9.87. The van der Waals surface area contributed by atoms with Gasteiger partial charge in [-0.2, -0.15) is 0 Å². The average Bonchev–Trinajstić information content (AvgIpc) is 1.84. The van der Waals surface area contributed by atoms with Gasteiger partial charge in [0.1, 0.15) is 0 Å². The zero-order chi connectivity index (χ0) is 9.78. The van der Waals surface area contributed by atoms with Crippen molar-refractivity contribution in [3.8, 4) is 0 Å². The van der Waals surface area contributed by atoms with Crippen LogP contribution in [0.15, 0.2) is 24.3 Å². The summed E-state index contributed by atoms with van der Waals surface area (Å²) in [6.45, 7) is 11.2. The third-order valence-electron chi connectivity index (χ3n) is 1.68. The molecule has 12 heavy (non-hydrogen) atoms. The van der Waals surface area contributed by atoms with E-state index in [1.54, 1.807) is 5.01 Å². The number of hydrogen-bond donors (Lipinski definition) is 1. The summed E-state index contributed by atoms with van der Waals surface area (Å²) in [5, 5.41) is 1.63. The van der Waals surface area contributed by atoms with Crippen LogP contribution in [0.5, 0.6) is 0 Å². The van der Waals surface area contributed by atoms with Gasteiger partial charge in [0.25, 0.3) is 0 Å². The van der Waals surface area contributed by atoms with E-state index in [1.165, 1.54) is 0 Å². The first-order valence-electron chi connectivity index (χ1n) is 4.16. The van der Waals surface area contributed by atoms with Gasteiger partial charge in [0.2, 0.25) is 0 Å². The summed E-state index contributed by atoms with van der Waals surface area (Å²) in [5.74, 6) is 5.44. The van der Waals surface area contributed by atoms with Crippen molar-refractivity contribution in [1.82, 2.24) is 5.01 Å². The second-order valence-corrected chi connectivity index (χ2v) is 4.12. The highest BCUT2D eigenvalue weighted by Crippen LogP contribution is 2.23. The normalized spacial score (nSPS) is 12.8. The molecule has 0 aromatic heterocycles. The van der Waals surface area contributed by atoms with Crippen molar-refractivity contribution >= 4 is 0 Å². The lowest BCUT2D eigenvalue weighted by Gasteiger charge is -2.18. The fourth-order valence-electron chi connectivity index (χ4n) is 0.611. The van der Waals surface area contributed by atoms with Crippen LogP contribution in [0, 0.1) is 5.41 Å². The Balaban J connectivity index is 3.93. The van der Waals surface area contributed by atoms with Gasteiger partial charge in [0.05, 0.1) is 0 Å². The Morgan fingerprint density at radius 3 is 2.33 bits per heavy atom. The highest BCUT2D eigenvalue weighted by molar-refractivity contribution is 5.20. The van der Waals surface area contributed by atoms with Crippen molar-refractivity contribution in [3.05, 3.63) is 24.3 Å². The predicted octanol–water partition coefficient (Wildman–Crippen LogP) is 1.95. The first-order chi connectivity index (χ1) is 5.34.